The first kappa shape index (κ1) is 8.08. The highest BCUT2D eigenvalue weighted by Crippen LogP contribution is 1.82. The standard InChI is InChI=1S/C7H12N2/c1-3-4-5-7(2)9-6-8/h4-6,8H,3H2,1-2H3/b5-4-,8-6?,9-7?. The molecule has 0 aromatic carbocycles. The van der Waals surface area contributed by atoms with E-state index in [4.69, 9.17) is 5.41 Å². The first-order valence-electron chi connectivity index (χ1n) is 3.01. The van der Waals surface area contributed by atoms with Crippen LogP contribution in [0.4, 0.5) is 0 Å². The molecule has 0 saturated heterocycles. The Morgan fingerprint density at radius 1 is 1.67 bits per heavy atom. The minimum absolute atomic E-state index is 0.881. The predicted molar refractivity (Wildman–Crippen MR) is 41.3 cm³/mol. The van der Waals surface area contributed by atoms with Gasteiger partial charge in [-0.25, -0.2) is 4.99 Å². The van der Waals surface area contributed by atoms with E-state index in [0.717, 1.165) is 18.5 Å². The van der Waals surface area contributed by atoms with Crippen molar-refractivity contribution in [1.29, 1.82) is 5.41 Å². The zero-order valence-electron chi connectivity index (χ0n) is 5.89. The van der Waals surface area contributed by atoms with Crippen molar-refractivity contribution in [3.63, 3.8) is 0 Å². The summed E-state index contributed by atoms with van der Waals surface area (Å²) in [7, 11) is 0. The Morgan fingerprint density at radius 3 is 2.78 bits per heavy atom. The van der Waals surface area contributed by atoms with Crippen LogP contribution >= 0.6 is 0 Å². The fourth-order valence-electron chi connectivity index (χ4n) is 0.433. The van der Waals surface area contributed by atoms with Crippen LogP contribution in [0.1, 0.15) is 20.3 Å². The van der Waals surface area contributed by atoms with Gasteiger partial charge in [0.25, 0.3) is 0 Å². The van der Waals surface area contributed by atoms with Gasteiger partial charge in [0.05, 0.1) is 0 Å². The van der Waals surface area contributed by atoms with E-state index < -0.39 is 0 Å². The van der Waals surface area contributed by atoms with E-state index in [9.17, 15) is 0 Å². The van der Waals surface area contributed by atoms with Gasteiger partial charge < -0.3 is 0 Å². The Balaban J connectivity index is 3.74. The molecule has 0 bridgehead atoms. The number of aliphatic imine (C=N–C) groups is 1. The van der Waals surface area contributed by atoms with Crippen LogP contribution in [0.5, 0.6) is 0 Å². The highest BCUT2D eigenvalue weighted by molar-refractivity contribution is 5.96. The number of hydrogen-bond donors (Lipinski definition) is 1. The predicted octanol–water partition coefficient (Wildman–Crippen LogP) is 2.02. The van der Waals surface area contributed by atoms with Gasteiger partial charge >= 0.3 is 0 Å². The molecule has 0 saturated carbocycles. The second-order valence-corrected chi connectivity index (χ2v) is 1.71. The fourth-order valence-corrected chi connectivity index (χ4v) is 0.433. The van der Waals surface area contributed by atoms with Gasteiger partial charge in [0.2, 0.25) is 0 Å². The third-order valence-electron chi connectivity index (χ3n) is 0.863. The summed E-state index contributed by atoms with van der Waals surface area (Å²) in [5, 5.41) is 6.62. The summed E-state index contributed by atoms with van der Waals surface area (Å²) in [5.41, 5.74) is 0.881. The zero-order valence-corrected chi connectivity index (χ0v) is 5.89. The van der Waals surface area contributed by atoms with Crippen molar-refractivity contribution < 1.29 is 0 Å². The molecule has 50 valence electrons. The van der Waals surface area contributed by atoms with E-state index in [2.05, 4.69) is 11.9 Å². The van der Waals surface area contributed by atoms with E-state index in [0.29, 0.717) is 0 Å². The molecular weight excluding hydrogens is 112 g/mol. The molecule has 0 amide bonds. The van der Waals surface area contributed by atoms with Crippen LogP contribution in [0.25, 0.3) is 0 Å². The largest absolute Gasteiger partial charge is 0.290 e. The Bertz CT molecular complexity index is 134. The van der Waals surface area contributed by atoms with Crippen molar-refractivity contribution in [1.82, 2.24) is 0 Å². The highest BCUT2D eigenvalue weighted by atomic mass is 14.7. The molecule has 0 fully saturated rings. The molecule has 0 aliphatic heterocycles. The quantitative estimate of drug-likeness (QED) is 0.441. The van der Waals surface area contributed by atoms with Gasteiger partial charge in [0.15, 0.2) is 0 Å². The number of nitrogens with one attached hydrogen (secondary N) is 1. The van der Waals surface area contributed by atoms with Crippen LogP contribution in [-0.2, 0) is 0 Å². The maximum absolute atomic E-state index is 6.62. The smallest absolute Gasteiger partial charge is 0.107 e. The van der Waals surface area contributed by atoms with E-state index >= 15 is 0 Å². The van der Waals surface area contributed by atoms with Crippen LogP contribution in [0.3, 0.4) is 0 Å². The molecule has 0 atom stereocenters. The molecular formula is C7H12N2. The second-order valence-electron chi connectivity index (χ2n) is 1.71. The molecule has 0 aromatic heterocycles. The Hall–Kier alpha value is -0.920. The number of nitrogens with zero attached hydrogens (tertiary/aromatic N) is 1. The van der Waals surface area contributed by atoms with E-state index in [1.165, 1.54) is 0 Å². The third kappa shape index (κ3) is 4.94. The first-order chi connectivity index (χ1) is 4.31. The number of hydrogen-bond acceptors (Lipinski definition) is 1. The lowest BCUT2D eigenvalue weighted by molar-refractivity contribution is 1.23. The molecule has 2 heteroatoms. The maximum Gasteiger partial charge on any atom is 0.107 e. The Labute approximate surface area is 55.8 Å². The zero-order chi connectivity index (χ0) is 7.11. The molecule has 9 heavy (non-hydrogen) atoms. The molecule has 0 unspecified atom stereocenters. The Kier molecular flexibility index (Phi) is 4.69. The van der Waals surface area contributed by atoms with Gasteiger partial charge in [-0.05, 0) is 19.4 Å². The molecule has 0 aromatic rings. The molecule has 0 radical (unpaired) electrons. The first-order valence-corrected chi connectivity index (χ1v) is 3.01. The van der Waals surface area contributed by atoms with E-state index in [1.54, 1.807) is 0 Å². The Morgan fingerprint density at radius 2 is 2.33 bits per heavy atom. The summed E-state index contributed by atoms with van der Waals surface area (Å²) < 4.78 is 0. The molecule has 0 heterocycles. The van der Waals surface area contributed by atoms with Gasteiger partial charge in [-0.2, -0.15) is 0 Å². The van der Waals surface area contributed by atoms with Gasteiger partial charge in [-0.15, -0.1) is 0 Å². The molecule has 2 nitrogen and oxygen atoms in total. The SMILES string of the molecule is CC/C=C\C(C)=NC=N. The third-order valence-corrected chi connectivity index (χ3v) is 0.863. The minimum Gasteiger partial charge on any atom is -0.290 e. The summed E-state index contributed by atoms with van der Waals surface area (Å²) >= 11 is 0. The second kappa shape index (κ2) is 5.22. The van der Waals surface area contributed by atoms with Gasteiger partial charge in [-0.3, -0.25) is 5.41 Å². The van der Waals surface area contributed by atoms with Crippen molar-refractivity contribution in [2.75, 3.05) is 0 Å². The van der Waals surface area contributed by atoms with Crippen molar-refractivity contribution in [2.24, 2.45) is 4.99 Å². The topological polar surface area (TPSA) is 36.2 Å². The molecule has 0 aliphatic carbocycles. The summed E-state index contributed by atoms with van der Waals surface area (Å²) in [5.74, 6) is 0. The van der Waals surface area contributed by atoms with Gasteiger partial charge in [0.1, 0.15) is 6.34 Å². The lowest BCUT2D eigenvalue weighted by Gasteiger charge is -1.83. The highest BCUT2D eigenvalue weighted by Gasteiger charge is 1.76. The summed E-state index contributed by atoms with van der Waals surface area (Å²) in [6.07, 6.45) is 5.99. The molecule has 0 aliphatic rings. The van der Waals surface area contributed by atoms with Crippen LogP contribution in [0, 0.1) is 5.41 Å². The average Bonchev–Trinajstić information content (AvgIpc) is 1.85. The fraction of sp³-hybridized carbons (Fsp3) is 0.429. The molecule has 1 N–H and O–H groups in total. The van der Waals surface area contributed by atoms with Crippen LogP contribution in [0.2, 0.25) is 0 Å². The van der Waals surface area contributed by atoms with Crippen molar-refractivity contribution in [2.45, 2.75) is 20.3 Å². The lowest BCUT2D eigenvalue weighted by atomic mass is 10.3. The normalized spacial score (nSPS) is 12.4. The van der Waals surface area contributed by atoms with Crippen LogP contribution in [0.15, 0.2) is 17.1 Å². The summed E-state index contributed by atoms with van der Waals surface area (Å²) in [4.78, 5) is 3.73. The molecule has 0 rings (SSSR count). The van der Waals surface area contributed by atoms with Crippen molar-refractivity contribution in [3.05, 3.63) is 12.2 Å². The van der Waals surface area contributed by atoms with Gasteiger partial charge in [-0.1, -0.05) is 13.0 Å². The maximum atomic E-state index is 6.62. The van der Waals surface area contributed by atoms with Crippen molar-refractivity contribution >= 4 is 12.1 Å². The van der Waals surface area contributed by atoms with E-state index in [-0.39, 0.29) is 0 Å². The monoisotopic (exact) mass is 124 g/mol. The van der Waals surface area contributed by atoms with Crippen LogP contribution in [-0.4, -0.2) is 12.1 Å². The van der Waals surface area contributed by atoms with E-state index in [1.807, 2.05) is 19.1 Å². The lowest BCUT2D eigenvalue weighted by Crippen LogP contribution is -1.82. The van der Waals surface area contributed by atoms with Crippen molar-refractivity contribution in [3.8, 4) is 0 Å². The van der Waals surface area contributed by atoms with Gasteiger partial charge in [0, 0.05) is 5.71 Å². The number of rotatable bonds is 3. The average molecular weight is 124 g/mol. The summed E-state index contributed by atoms with van der Waals surface area (Å²) in [6.45, 7) is 3.94. The van der Waals surface area contributed by atoms with Crippen LogP contribution < -0.4 is 0 Å². The minimum atomic E-state index is 0.881. The number of allylic oxidation sites excluding steroid dienone is 2. The summed E-state index contributed by atoms with van der Waals surface area (Å²) in [6, 6.07) is 0. The molecule has 0 spiro atoms.